The first-order valence-corrected chi connectivity index (χ1v) is 10.5. The molecular formula is C20H27NO3S. The van der Waals surface area contributed by atoms with Crippen LogP contribution in [0.15, 0.2) is 41.3 Å². The zero-order valence-electron chi connectivity index (χ0n) is 15.0. The zero-order valence-corrected chi connectivity index (χ0v) is 15.8. The molecule has 1 aromatic carbocycles. The number of aryl methyl sites for hydroxylation is 1. The first-order chi connectivity index (χ1) is 11.9. The van der Waals surface area contributed by atoms with Gasteiger partial charge in [0.15, 0.2) is 0 Å². The lowest BCUT2D eigenvalue weighted by atomic mass is 9.70. The Morgan fingerprint density at radius 3 is 2.64 bits per heavy atom. The standard InChI is InChI=1S/C20H27NO3S/c1-16-7-9-19(10-8-16)25(23,24)21-12-4-6-18(21)14-20(15-22)11-3-5-17(2)13-20/h3,5,7-10,15,17-18H,4,6,11-14H2,1-2H3/t17-,18+,20-/m1/s1. The van der Waals surface area contributed by atoms with Gasteiger partial charge in [0, 0.05) is 18.0 Å². The maximum atomic E-state index is 13.1. The highest BCUT2D eigenvalue weighted by atomic mass is 32.2. The first-order valence-electron chi connectivity index (χ1n) is 9.08. The summed E-state index contributed by atoms with van der Waals surface area (Å²) in [6.07, 6.45) is 9.14. The van der Waals surface area contributed by atoms with Crippen molar-refractivity contribution in [2.45, 2.75) is 56.9 Å². The number of nitrogens with zero attached hydrogens (tertiary/aromatic N) is 1. The Kier molecular flexibility index (Phi) is 5.16. The molecule has 1 saturated heterocycles. The molecule has 0 unspecified atom stereocenters. The molecule has 3 atom stereocenters. The molecular weight excluding hydrogens is 334 g/mol. The highest BCUT2D eigenvalue weighted by Crippen LogP contribution is 2.41. The number of aldehydes is 1. The van der Waals surface area contributed by atoms with E-state index in [9.17, 15) is 13.2 Å². The van der Waals surface area contributed by atoms with Gasteiger partial charge in [0.25, 0.3) is 0 Å². The van der Waals surface area contributed by atoms with Gasteiger partial charge in [0.2, 0.25) is 10.0 Å². The minimum absolute atomic E-state index is 0.0878. The van der Waals surface area contributed by atoms with Crippen molar-refractivity contribution >= 4 is 16.3 Å². The van der Waals surface area contributed by atoms with Crippen molar-refractivity contribution in [2.24, 2.45) is 11.3 Å². The number of sulfonamides is 1. The largest absolute Gasteiger partial charge is 0.303 e. The third-order valence-electron chi connectivity index (χ3n) is 5.56. The summed E-state index contributed by atoms with van der Waals surface area (Å²) in [5, 5.41) is 0. The third-order valence-corrected chi connectivity index (χ3v) is 7.53. The van der Waals surface area contributed by atoms with Crippen molar-refractivity contribution in [3.8, 4) is 0 Å². The second-order valence-electron chi connectivity index (χ2n) is 7.72. The Labute approximate surface area is 151 Å². The number of hydrogen-bond donors (Lipinski definition) is 0. The van der Waals surface area contributed by atoms with Crippen molar-refractivity contribution in [3.63, 3.8) is 0 Å². The minimum Gasteiger partial charge on any atom is -0.303 e. The topological polar surface area (TPSA) is 54.5 Å². The molecule has 1 aliphatic heterocycles. The van der Waals surface area contributed by atoms with Crippen molar-refractivity contribution in [1.29, 1.82) is 0 Å². The van der Waals surface area contributed by atoms with E-state index < -0.39 is 15.4 Å². The fourth-order valence-corrected chi connectivity index (χ4v) is 5.98. The molecule has 1 aromatic rings. The van der Waals surface area contributed by atoms with Gasteiger partial charge in [-0.1, -0.05) is 36.8 Å². The molecule has 1 fully saturated rings. The number of carbonyl (C=O) groups is 1. The highest BCUT2D eigenvalue weighted by Gasteiger charge is 2.42. The van der Waals surface area contributed by atoms with Crippen LogP contribution in [-0.2, 0) is 14.8 Å². The van der Waals surface area contributed by atoms with Gasteiger partial charge >= 0.3 is 0 Å². The predicted molar refractivity (Wildman–Crippen MR) is 98.7 cm³/mol. The van der Waals surface area contributed by atoms with Gasteiger partial charge in [-0.2, -0.15) is 4.31 Å². The summed E-state index contributed by atoms with van der Waals surface area (Å²) in [6.45, 7) is 4.60. The lowest BCUT2D eigenvalue weighted by Gasteiger charge is -2.36. The van der Waals surface area contributed by atoms with E-state index in [2.05, 4.69) is 19.1 Å². The van der Waals surface area contributed by atoms with E-state index in [4.69, 9.17) is 0 Å². The van der Waals surface area contributed by atoms with E-state index in [0.29, 0.717) is 23.8 Å². The molecule has 1 heterocycles. The Morgan fingerprint density at radius 2 is 2.00 bits per heavy atom. The number of rotatable bonds is 5. The maximum absolute atomic E-state index is 13.1. The molecule has 5 heteroatoms. The summed E-state index contributed by atoms with van der Waals surface area (Å²) in [5.74, 6) is 0.363. The molecule has 0 aromatic heterocycles. The molecule has 25 heavy (non-hydrogen) atoms. The van der Waals surface area contributed by atoms with E-state index in [-0.39, 0.29) is 6.04 Å². The average Bonchev–Trinajstić information content (AvgIpc) is 3.04. The monoisotopic (exact) mass is 361 g/mol. The van der Waals surface area contributed by atoms with Gasteiger partial charge in [0.05, 0.1) is 4.90 Å². The van der Waals surface area contributed by atoms with Crippen molar-refractivity contribution in [3.05, 3.63) is 42.0 Å². The normalized spacial score (nSPS) is 30.5. The molecule has 1 aliphatic carbocycles. The summed E-state index contributed by atoms with van der Waals surface area (Å²) < 4.78 is 27.8. The third kappa shape index (κ3) is 3.72. The Morgan fingerprint density at radius 1 is 1.28 bits per heavy atom. The van der Waals surface area contributed by atoms with E-state index in [1.807, 2.05) is 19.1 Å². The number of benzene rings is 1. The van der Waals surface area contributed by atoms with Crippen LogP contribution in [0.3, 0.4) is 0 Å². The van der Waals surface area contributed by atoms with Crippen molar-refractivity contribution in [2.75, 3.05) is 6.54 Å². The summed E-state index contributed by atoms with van der Waals surface area (Å²) in [6, 6.07) is 6.94. The van der Waals surface area contributed by atoms with Crippen LogP contribution in [0.25, 0.3) is 0 Å². The number of carbonyl (C=O) groups excluding carboxylic acids is 1. The molecule has 0 N–H and O–H groups in total. The maximum Gasteiger partial charge on any atom is 0.243 e. The summed E-state index contributed by atoms with van der Waals surface area (Å²) >= 11 is 0. The molecule has 3 rings (SSSR count). The van der Waals surface area contributed by atoms with E-state index in [0.717, 1.165) is 37.5 Å². The van der Waals surface area contributed by atoms with Crippen LogP contribution in [0.4, 0.5) is 0 Å². The van der Waals surface area contributed by atoms with Crippen molar-refractivity contribution < 1.29 is 13.2 Å². The van der Waals surface area contributed by atoms with Crippen LogP contribution < -0.4 is 0 Å². The van der Waals surface area contributed by atoms with E-state index in [1.54, 1.807) is 16.4 Å². The fourth-order valence-electron chi connectivity index (χ4n) is 4.28. The van der Waals surface area contributed by atoms with Gasteiger partial charge in [0.1, 0.15) is 6.29 Å². The van der Waals surface area contributed by atoms with Gasteiger partial charge in [-0.15, -0.1) is 0 Å². The molecule has 0 spiro atoms. The fraction of sp³-hybridized carbons (Fsp3) is 0.550. The van der Waals surface area contributed by atoms with Crippen LogP contribution in [0.2, 0.25) is 0 Å². The van der Waals surface area contributed by atoms with E-state index in [1.165, 1.54) is 0 Å². The second kappa shape index (κ2) is 7.04. The van der Waals surface area contributed by atoms with Crippen LogP contribution in [-0.4, -0.2) is 31.6 Å². The first kappa shape index (κ1) is 18.3. The van der Waals surface area contributed by atoms with Crippen LogP contribution in [0.1, 0.15) is 44.6 Å². The lowest BCUT2D eigenvalue weighted by molar-refractivity contribution is -0.118. The summed E-state index contributed by atoms with van der Waals surface area (Å²) in [5.41, 5.74) is 0.615. The van der Waals surface area contributed by atoms with Crippen LogP contribution in [0, 0.1) is 18.3 Å². The Bertz CT molecular complexity index is 754. The number of allylic oxidation sites excluding steroid dienone is 2. The van der Waals surface area contributed by atoms with Gasteiger partial charge in [-0.05, 0) is 57.1 Å². The molecule has 0 radical (unpaired) electrons. The second-order valence-corrected chi connectivity index (χ2v) is 9.61. The van der Waals surface area contributed by atoms with E-state index >= 15 is 0 Å². The molecule has 136 valence electrons. The lowest BCUT2D eigenvalue weighted by Crippen LogP contribution is -2.40. The smallest absolute Gasteiger partial charge is 0.243 e. The highest BCUT2D eigenvalue weighted by molar-refractivity contribution is 7.89. The summed E-state index contributed by atoms with van der Waals surface area (Å²) in [7, 11) is -3.50. The molecule has 4 nitrogen and oxygen atoms in total. The zero-order chi connectivity index (χ0) is 18.1. The predicted octanol–water partition coefficient (Wildman–Crippen LogP) is 3.71. The van der Waals surface area contributed by atoms with Crippen LogP contribution >= 0.6 is 0 Å². The molecule has 0 amide bonds. The van der Waals surface area contributed by atoms with Gasteiger partial charge in [-0.25, -0.2) is 8.42 Å². The minimum atomic E-state index is -3.50. The Hall–Kier alpha value is -1.46. The number of hydrogen-bond acceptors (Lipinski definition) is 3. The SMILES string of the molecule is Cc1ccc(S(=O)(=O)N2CCC[C@H]2C[C@@]2(C=O)CC=C[C@@H](C)C2)cc1. The molecule has 0 bridgehead atoms. The Balaban J connectivity index is 1.84. The average molecular weight is 362 g/mol. The van der Waals surface area contributed by atoms with Crippen LogP contribution in [0.5, 0.6) is 0 Å². The van der Waals surface area contributed by atoms with Crippen molar-refractivity contribution in [1.82, 2.24) is 4.31 Å². The summed E-state index contributed by atoms with van der Waals surface area (Å²) in [4.78, 5) is 12.2. The van der Waals surface area contributed by atoms with Gasteiger partial charge in [-0.3, -0.25) is 0 Å². The molecule has 0 saturated carbocycles. The quantitative estimate of drug-likeness (QED) is 0.593. The van der Waals surface area contributed by atoms with Gasteiger partial charge < -0.3 is 4.79 Å². The molecule has 2 aliphatic rings.